The molecule has 0 saturated heterocycles. The fourth-order valence-electron chi connectivity index (χ4n) is 2.81. The number of benzene rings is 1. The van der Waals surface area contributed by atoms with Gasteiger partial charge in [0.2, 0.25) is 5.88 Å². The summed E-state index contributed by atoms with van der Waals surface area (Å²) in [6, 6.07) is 18.1. The van der Waals surface area contributed by atoms with Crippen LogP contribution >= 0.6 is 0 Å². The Morgan fingerprint density at radius 3 is 2.41 bits per heavy atom. The number of ether oxygens (including phenoxy) is 1. The van der Waals surface area contributed by atoms with Gasteiger partial charge in [-0.3, -0.25) is 0 Å². The highest BCUT2D eigenvalue weighted by atomic mass is 16.5. The number of hydrogen-bond acceptors (Lipinski definition) is 7. The van der Waals surface area contributed by atoms with E-state index in [1.807, 2.05) is 12.1 Å². The maximum Gasteiger partial charge on any atom is 0.238 e. The van der Waals surface area contributed by atoms with Crippen LogP contribution in [-0.2, 0) is 0 Å². The van der Waals surface area contributed by atoms with Gasteiger partial charge in [0.25, 0.3) is 0 Å². The zero-order chi connectivity index (χ0) is 20.1. The minimum absolute atomic E-state index is 0.0830. The molecular weight excluding hydrogens is 370 g/mol. The summed E-state index contributed by atoms with van der Waals surface area (Å²) in [4.78, 5) is 4.36. The second-order valence-corrected chi connectivity index (χ2v) is 5.80. The number of hydrogen-bond donors (Lipinski definition) is 0. The fourth-order valence-corrected chi connectivity index (χ4v) is 2.81. The van der Waals surface area contributed by atoms with E-state index in [-0.39, 0.29) is 18.1 Å². The summed E-state index contributed by atoms with van der Waals surface area (Å²) in [5.74, 6) is 1.88. The molecule has 29 heavy (non-hydrogen) atoms. The maximum absolute atomic E-state index is 9.76. The van der Waals surface area contributed by atoms with Crippen LogP contribution in [0.5, 0.6) is 5.75 Å². The largest absolute Gasteiger partial charge is 0.478 e. The minimum Gasteiger partial charge on any atom is -0.478 e. The van der Waals surface area contributed by atoms with Crippen molar-refractivity contribution in [1.29, 1.82) is 10.5 Å². The van der Waals surface area contributed by atoms with E-state index in [1.54, 1.807) is 42.5 Å². The van der Waals surface area contributed by atoms with Crippen LogP contribution in [-0.4, -0.2) is 12.8 Å². The van der Waals surface area contributed by atoms with Gasteiger partial charge < -0.3 is 18.0 Å². The van der Waals surface area contributed by atoms with E-state index in [9.17, 15) is 5.26 Å². The summed E-state index contributed by atoms with van der Waals surface area (Å²) in [6.07, 6.45) is 4.55. The average molecular weight is 383 g/mol. The van der Waals surface area contributed by atoms with Gasteiger partial charge in [-0.15, -0.1) is 0 Å². The molecule has 7 nitrogen and oxygen atoms in total. The third kappa shape index (κ3) is 3.53. The Balaban J connectivity index is 1.80. The average Bonchev–Trinajstić information content (AvgIpc) is 3.51. The molecule has 0 N–H and O–H groups in total. The van der Waals surface area contributed by atoms with Crippen molar-refractivity contribution in [2.24, 2.45) is 4.99 Å². The molecule has 0 aliphatic carbocycles. The van der Waals surface area contributed by atoms with E-state index in [4.69, 9.17) is 23.3 Å². The first-order chi connectivity index (χ1) is 14.3. The molecule has 7 heteroatoms. The third-order valence-electron chi connectivity index (χ3n) is 4.05. The van der Waals surface area contributed by atoms with Crippen LogP contribution < -0.4 is 4.74 Å². The summed E-state index contributed by atoms with van der Waals surface area (Å²) in [5, 5.41) is 18.5. The van der Waals surface area contributed by atoms with Crippen molar-refractivity contribution in [3.63, 3.8) is 0 Å². The predicted molar refractivity (Wildman–Crippen MR) is 104 cm³/mol. The summed E-state index contributed by atoms with van der Waals surface area (Å²) >= 11 is 0. The number of aliphatic imine (C=N–C) groups is 1. The maximum atomic E-state index is 9.76. The number of para-hydroxylation sites is 1. The lowest BCUT2D eigenvalue weighted by Gasteiger charge is -2.04. The summed E-state index contributed by atoms with van der Waals surface area (Å²) in [5.41, 5.74) is 1.33. The van der Waals surface area contributed by atoms with E-state index in [1.165, 1.54) is 18.7 Å². The smallest absolute Gasteiger partial charge is 0.238 e. The van der Waals surface area contributed by atoms with Gasteiger partial charge in [0, 0.05) is 11.8 Å². The first-order valence-electron chi connectivity index (χ1n) is 8.59. The van der Waals surface area contributed by atoms with E-state index in [2.05, 4.69) is 11.1 Å². The second-order valence-electron chi connectivity index (χ2n) is 5.80. The van der Waals surface area contributed by atoms with Crippen molar-refractivity contribution in [3.8, 4) is 40.7 Å². The lowest BCUT2D eigenvalue weighted by Crippen LogP contribution is -1.96. The topological polar surface area (TPSA) is 109 Å². The molecule has 0 aliphatic rings. The highest BCUT2D eigenvalue weighted by Crippen LogP contribution is 2.42. The molecule has 3 heterocycles. The molecule has 0 spiro atoms. The molecule has 4 rings (SSSR count). The molecule has 0 unspecified atom stereocenters. The van der Waals surface area contributed by atoms with Gasteiger partial charge in [0.05, 0.1) is 18.1 Å². The van der Waals surface area contributed by atoms with Crippen LogP contribution in [0.1, 0.15) is 11.1 Å². The van der Waals surface area contributed by atoms with Crippen molar-refractivity contribution in [2.75, 3.05) is 6.61 Å². The zero-order valence-electron chi connectivity index (χ0n) is 15.0. The molecule has 0 atom stereocenters. The Hall–Kier alpha value is -4.49. The van der Waals surface area contributed by atoms with Crippen molar-refractivity contribution < 1.29 is 18.0 Å². The number of nitrogens with zero attached hydrogens (tertiary/aromatic N) is 3. The summed E-state index contributed by atoms with van der Waals surface area (Å²) in [6.45, 7) is -0.0830. The minimum atomic E-state index is -0.0830. The fraction of sp³-hybridized carbons (Fsp3) is 0.0455. The molecule has 140 valence electrons. The van der Waals surface area contributed by atoms with Crippen molar-refractivity contribution >= 4 is 12.1 Å². The Labute approximate surface area is 165 Å². The number of rotatable bonds is 6. The Bertz CT molecular complexity index is 1220. The van der Waals surface area contributed by atoms with Crippen LogP contribution in [0.4, 0.5) is 5.88 Å². The lowest BCUT2D eigenvalue weighted by atomic mass is 10.1. The molecule has 0 radical (unpaired) electrons. The van der Waals surface area contributed by atoms with Crippen molar-refractivity contribution in [3.05, 3.63) is 72.2 Å². The van der Waals surface area contributed by atoms with Crippen LogP contribution in [0, 0.1) is 22.7 Å². The van der Waals surface area contributed by atoms with Gasteiger partial charge in [0.15, 0.2) is 18.1 Å². The van der Waals surface area contributed by atoms with Crippen LogP contribution in [0.25, 0.3) is 22.8 Å². The molecule has 0 amide bonds. The summed E-state index contributed by atoms with van der Waals surface area (Å²) in [7, 11) is 0. The first kappa shape index (κ1) is 17.9. The zero-order valence-corrected chi connectivity index (χ0v) is 15.0. The highest BCUT2D eigenvalue weighted by Gasteiger charge is 2.26. The van der Waals surface area contributed by atoms with Gasteiger partial charge in [-0.05, 0) is 36.4 Å². The number of furan rings is 3. The molecule has 1 aromatic carbocycles. The number of nitriles is 2. The normalized spacial score (nSPS) is 10.7. The molecule has 0 aliphatic heterocycles. The van der Waals surface area contributed by atoms with E-state index >= 15 is 0 Å². The monoisotopic (exact) mass is 383 g/mol. The second kappa shape index (κ2) is 8.03. The molecule has 4 aromatic rings. The molecular formula is C22H13N3O4. The SMILES string of the molecule is N#CCOc1ccccc1C=Nc1oc(-c2ccco2)c(-c2ccco2)c1C#N. The Morgan fingerprint density at radius 2 is 1.72 bits per heavy atom. The van der Waals surface area contributed by atoms with E-state index in [0.29, 0.717) is 34.2 Å². The third-order valence-corrected chi connectivity index (χ3v) is 4.05. The van der Waals surface area contributed by atoms with Crippen molar-refractivity contribution in [2.45, 2.75) is 0 Å². The van der Waals surface area contributed by atoms with Gasteiger partial charge in [-0.2, -0.15) is 10.5 Å². The standard InChI is InChI=1S/C22H13N3O4/c23-9-12-28-17-6-2-1-5-15(17)14-25-22-16(13-24)20(18-7-3-10-26-18)21(29-22)19-8-4-11-27-19/h1-8,10-11,14H,12H2. The quantitative estimate of drug-likeness (QED) is 0.417. The molecule has 0 saturated carbocycles. The molecule has 0 bridgehead atoms. The van der Waals surface area contributed by atoms with Gasteiger partial charge >= 0.3 is 0 Å². The van der Waals surface area contributed by atoms with Gasteiger partial charge in [-0.1, -0.05) is 12.1 Å². The van der Waals surface area contributed by atoms with Gasteiger partial charge in [0.1, 0.15) is 29.2 Å². The predicted octanol–water partition coefficient (Wildman–Crippen LogP) is 5.32. The van der Waals surface area contributed by atoms with Gasteiger partial charge in [-0.25, -0.2) is 4.99 Å². The Kier molecular flexibility index (Phi) is 4.96. The molecule has 3 aromatic heterocycles. The van der Waals surface area contributed by atoms with E-state index in [0.717, 1.165) is 0 Å². The lowest BCUT2D eigenvalue weighted by molar-refractivity contribution is 0.367. The van der Waals surface area contributed by atoms with Crippen LogP contribution in [0.15, 0.2) is 79.3 Å². The molecule has 0 fully saturated rings. The van der Waals surface area contributed by atoms with E-state index < -0.39 is 0 Å². The first-order valence-corrected chi connectivity index (χ1v) is 8.59. The highest BCUT2D eigenvalue weighted by molar-refractivity contribution is 5.89. The van der Waals surface area contributed by atoms with Crippen LogP contribution in [0.3, 0.4) is 0 Å². The Morgan fingerprint density at radius 1 is 0.966 bits per heavy atom. The van der Waals surface area contributed by atoms with Crippen LogP contribution in [0.2, 0.25) is 0 Å². The van der Waals surface area contributed by atoms with Crippen molar-refractivity contribution in [1.82, 2.24) is 0 Å². The summed E-state index contributed by atoms with van der Waals surface area (Å²) < 4.78 is 22.2.